The summed E-state index contributed by atoms with van der Waals surface area (Å²) in [4.78, 5) is 26.0. The van der Waals surface area contributed by atoms with Crippen LogP contribution in [0.2, 0.25) is 0 Å². The first-order valence-corrected chi connectivity index (χ1v) is 6.21. The van der Waals surface area contributed by atoms with Crippen LogP contribution in [-0.4, -0.2) is 60.0 Å². The Morgan fingerprint density at radius 2 is 2.18 bits per heavy atom. The zero-order chi connectivity index (χ0) is 12.8. The van der Waals surface area contributed by atoms with Gasteiger partial charge in [-0.2, -0.15) is 0 Å². The smallest absolute Gasteiger partial charge is 0.303 e. The third kappa shape index (κ3) is 4.73. The van der Waals surface area contributed by atoms with Crippen LogP contribution >= 0.6 is 0 Å². The molecule has 0 aliphatic carbocycles. The van der Waals surface area contributed by atoms with E-state index < -0.39 is 5.97 Å². The predicted octanol–water partition coefficient (Wildman–Crippen LogP) is 0.651. The number of carboxylic acid groups (broad SMARTS) is 1. The first-order chi connectivity index (χ1) is 8.02. The van der Waals surface area contributed by atoms with Gasteiger partial charge in [0, 0.05) is 26.6 Å². The minimum atomic E-state index is -0.731. The number of aliphatic carboxylic acids is 1. The maximum Gasteiger partial charge on any atom is 0.303 e. The number of hydrogen-bond donors (Lipinski definition) is 1. The molecule has 1 rings (SSSR count). The van der Waals surface area contributed by atoms with Crippen LogP contribution < -0.4 is 0 Å². The average molecular weight is 242 g/mol. The van der Waals surface area contributed by atoms with Crippen molar-refractivity contribution in [2.45, 2.75) is 26.2 Å². The Hall–Kier alpha value is -1.10. The maximum absolute atomic E-state index is 11.7. The molecular weight excluding hydrogens is 220 g/mol. The third-order valence-electron chi connectivity index (χ3n) is 3.40. The second-order valence-corrected chi connectivity index (χ2v) is 4.73. The van der Waals surface area contributed by atoms with E-state index in [0.29, 0.717) is 12.5 Å². The molecule has 0 aromatic rings. The van der Waals surface area contributed by atoms with Gasteiger partial charge in [0.2, 0.25) is 5.91 Å². The van der Waals surface area contributed by atoms with Crippen LogP contribution in [0.4, 0.5) is 0 Å². The van der Waals surface area contributed by atoms with Gasteiger partial charge in [-0.3, -0.25) is 14.5 Å². The van der Waals surface area contributed by atoms with Gasteiger partial charge < -0.3 is 10.0 Å². The van der Waals surface area contributed by atoms with Gasteiger partial charge in [0.15, 0.2) is 0 Å². The van der Waals surface area contributed by atoms with E-state index >= 15 is 0 Å². The van der Waals surface area contributed by atoms with E-state index in [1.165, 1.54) is 0 Å². The minimum absolute atomic E-state index is 0.145. The van der Waals surface area contributed by atoms with Gasteiger partial charge >= 0.3 is 5.97 Å². The number of likely N-dealkylation sites (N-methyl/N-ethyl adjacent to an activating group) is 1. The molecule has 1 aliphatic rings. The molecule has 5 heteroatoms. The van der Waals surface area contributed by atoms with E-state index in [9.17, 15) is 9.59 Å². The molecule has 0 radical (unpaired) electrons. The van der Waals surface area contributed by atoms with Crippen molar-refractivity contribution >= 4 is 11.9 Å². The van der Waals surface area contributed by atoms with E-state index in [1.54, 1.807) is 11.9 Å². The molecule has 1 N–H and O–H groups in total. The van der Waals surface area contributed by atoms with Crippen LogP contribution in [0.5, 0.6) is 0 Å². The van der Waals surface area contributed by atoms with Crippen LogP contribution in [0.3, 0.4) is 0 Å². The lowest BCUT2D eigenvalue weighted by Crippen LogP contribution is -2.37. The summed E-state index contributed by atoms with van der Waals surface area (Å²) >= 11 is 0. The van der Waals surface area contributed by atoms with Crippen molar-refractivity contribution in [3.8, 4) is 0 Å². The maximum atomic E-state index is 11.7. The van der Waals surface area contributed by atoms with Crippen molar-refractivity contribution in [1.29, 1.82) is 0 Å². The first-order valence-electron chi connectivity index (χ1n) is 6.21. The lowest BCUT2D eigenvalue weighted by Gasteiger charge is -2.20. The monoisotopic (exact) mass is 242 g/mol. The highest BCUT2D eigenvalue weighted by Gasteiger charge is 2.24. The molecule has 0 bridgehead atoms. The number of carbonyl (C=O) groups is 2. The summed E-state index contributed by atoms with van der Waals surface area (Å²) in [6.07, 6.45) is 1.97. The molecule has 0 saturated carbocycles. The Bertz CT molecular complexity index is 281. The standard InChI is InChI=1S/C12H22N2O3/c1-3-13(2)11(15)9-14-7-6-10(8-14)4-5-12(16)17/h10H,3-9H2,1-2H3,(H,16,17). The number of rotatable bonds is 6. The van der Waals surface area contributed by atoms with Crippen molar-refractivity contribution in [3.05, 3.63) is 0 Å². The summed E-state index contributed by atoms with van der Waals surface area (Å²) in [6, 6.07) is 0. The molecule has 1 unspecified atom stereocenters. The Morgan fingerprint density at radius 1 is 1.47 bits per heavy atom. The molecular formula is C12H22N2O3. The summed E-state index contributed by atoms with van der Waals surface area (Å²) in [5, 5.41) is 8.62. The fourth-order valence-electron chi connectivity index (χ4n) is 2.11. The molecule has 98 valence electrons. The van der Waals surface area contributed by atoms with Crippen LogP contribution in [-0.2, 0) is 9.59 Å². The Morgan fingerprint density at radius 3 is 2.76 bits per heavy atom. The third-order valence-corrected chi connectivity index (χ3v) is 3.40. The summed E-state index contributed by atoms with van der Waals surface area (Å²) in [6.45, 7) is 4.92. The molecule has 17 heavy (non-hydrogen) atoms. The largest absolute Gasteiger partial charge is 0.481 e. The number of hydrogen-bond acceptors (Lipinski definition) is 3. The number of amides is 1. The molecule has 1 atom stereocenters. The highest BCUT2D eigenvalue weighted by Crippen LogP contribution is 2.20. The van der Waals surface area contributed by atoms with Gasteiger partial charge in [-0.15, -0.1) is 0 Å². The van der Waals surface area contributed by atoms with Crippen LogP contribution in [0.25, 0.3) is 0 Å². The summed E-state index contributed by atoms with van der Waals surface area (Å²) in [7, 11) is 1.81. The summed E-state index contributed by atoms with van der Waals surface area (Å²) in [5.41, 5.74) is 0. The van der Waals surface area contributed by atoms with Crippen molar-refractivity contribution < 1.29 is 14.7 Å². The van der Waals surface area contributed by atoms with E-state index in [-0.39, 0.29) is 12.3 Å². The average Bonchev–Trinajstić information content (AvgIpc) is 2.73. The summed E-state index contributed by atoms with van der Waals surface area (Å²) < 4.78 is 0. The normalized spacial score (nSPS) is 20.5. The molecule has 1 heterocycles. The van der Waals surface area contributed by atoms with Crippen molar-refractivity contribution in [2.75, 3.05) is 33.2 Å². The fourth-order valence-corrected chi connectivity index (χ4v) is 2.11. The zero-order valence-corrected chi connectivity index (χ0v) is 10.7. The highest BCUT2D eigenvalue weighted by molar-refractivity contribution is 5.77. The highest BCUT2D eigenvalue weighted by atomic mass is 16.4. The quantitative estimate of drug-likeness (QED) is 0.743. The van der Waals surface area contributed by atoms with Gasteiger partial charge in [-0.25, -0.2) is 0 Å². The van der Waals surface area contributed by atoms with E-state index in [4.69, 9.17) is 5.11 Å². The van der Waals surface area contributed by atoms with E-state index in [2.05, 4.69) is 4.90 Å². The molecule has 5 nitrogen and oxygen atoms in total. The molecule has 1 fully saturated rings. The summed E-state index contributed by atoms with van der Waals surface area (Å²) in [5.74, 6) is -0.151. The number of likely N-dealkylation sites (tertiary alicyclic amines) is 1. The lowest BCUT2D eigenvalue weighted by atomic mass is 10.0. The number of carboxylic acids is 1. The predicted molar refractivity (Wildman–Crippen MR) is 64.7 cm³/mol. The zero-order valence-electron chi connectivity index (χ0n) is 10.7. The Balaban J connectivity index is 2.26. The van der Waals surface area contributed by atoms with Gasteiger partial charge in [0.1, 0.15) is 0 Å². The lowest BCUT2D eigenvalue weighted by molar-refractivity contribution is -0.137. The Kier molecular flexibility index (Phi) is 5.41. The Labute approximate surface area is 102 Å². The second kappa shape index (κ2) is 6.59. The first kappa shape index (κ1) is 14.0. The van der Waals surface area contributed by atoms with Crippen LogP contribution in [0, 0.1) is 5.92 Å². The van der Waals surface area contributed by atoms with Crippen molar-refractivity contribution in [3.63, 3.8) is 0 Å². The second-order valence-electron chi connectivity index (χ2n) is 4.73. The van der Waals surface area contributed by atoms with Gasteiger partial charge in [-0.05, 0) is 32.2 Å². The topological polar surface area (TPSA) is 60.9 Å². The van der Waals surface area contributed by atoms with Crippen LogP contribution in [0.15, 0.2) is 0 Å². The molecule has 0 spiro atoms. The number of nitrogens with zero attached hydrogens (tertiary/aromatic N) is 2. The SMILES string of the molecule is CCN(C)C(=O)CN1CCC(CCC(=O)O)C1. The van der Waals surface area contributed by atoms with E-state index in [1.807, 2.05) is 6.92 Å². The van der Waals surface area contributed by atoms with Crippen LogP contribution in [0.1, 0.15) is 26.2 Å². The van der Waals surface area contributed by atoms with Gasteiger partial charge in [-0.1, -0.05) is 0 Å². The number of carbonyl (C=O) groups excluding carboxylic acids is 1. The van der Waals surface area contributed by atoms with Crippen molar-refractivity contribution in [2.24, 2.45) is 5.92 Å². The molecule has 0 aromatic heterocycles. The molecule has 0 aromatic carbocycles. The van der Waals surface area contributed by atoms with Crippen molar-refractivity contribution in [1.82, 2.24) is 9.80 Å². The minimum Gasteiger partial charge on any atom is -0.481 e. The van der Waals surface area contributed by atoms with E-state index in [0.717, 1.165) is 32.5 Å². The molecule has 1 amide bonds. The molecule has 1 saturated heterocycles. The molecule has 1 aliphatic heterocycles. The van der Waals surface area contributed by atoms with Gasteiger partial charge in [0.05, 0.1) is 6.54 Å². The fraction of sp³-hybridized carbons (Fsp3) is 0.833. The van der Waals surface area contributed by atoms with Gasteiger partial charge in [0.25, 0.3) is 0 Å².